The third-order valence-corrected chi connectivity index (χ3v) is 7.49. The monoisotopic (exact) mass is 349 g/mol. The second kappa shape index (κ2) is 7.96. The normalized spacial score (nSPS) is 10.9. The molecule has 0 bridgehead atoms. The molecule has 0 saturated heterocycles. The van der Waals surface area contributed by atoms with E-state index in [0.717, 1.165) is 15.9 Å². The van der Waals surface area contributed by atoms with Gasteiger partial charge in [-0.3, -0.25) is 0 Å². The highest BCUT2D eigenvalue weighted by atomic mass is 31.2. The molecule has 0 heterocycles. The van der Waals surface area contributed by atoms with Crippen molar-refractivity contribution in [3.8, 4) is 0 Å². The molecule has 0 radical (unpaired) electrons. The second-order valence-electron chi connectivity index (χ2n) is 5.44. The first-order chi connectivity index (χ1) is 12.3. The van der Waals surface area contributed by atoms with E-state index in [2.05, 4.69) is 4.74 Å². The fourth-order valence-corrected chi connectivity index (χ4v) is 6.18. The molecule has 0 aliphatic rings. The van der Waals surface area contributed by atoms with Crippen LogP contribution in [0.3, 0.4) is 0 Å². The summed E-state index contributed by atoms with van der Waals surface area (Å²) < 4.78 is 9.84. The van der Waals surface area contributed by atoms with Crippen LogP contribution in [0.15, 0.2) is 95.7 Å². The van der Waals surface area contributed by atoms with E-state index in [0.29, 0.717) is 6.61 Å². The molecule has 25 heavy (non-hydrogen) atoms. The van der Waals surface area contributed by atoms with Crippen LogP contribution in [0.2, 0.25) is 0 Å². The minimum absolute atomic E-state index is 0.306. The van der Waals surface area contributed by atoms with Gasteiger partial charge in [-0.25, -0.2) is 4.79 Å². The summed E-state index contributed by atoms with van der Waals surface area (Å²) >= 11 is 0. The summed E-state index contributed by atoms with van der Waals surface area (Å²) in [6, 6.07) is 30.0. The molecular formula is C21H20NO2P. The van der Waals surface area contributed by atoms with Crippen LogP contribution < -0.4 is 15.9 Å². The highest BCUT2D eigenvalue weighted by Crippen LogP contribution is 2.46. The Labute approximate surface area is 148 Å². The van der Waals surface area contributed by atoms with Crippen molar-refractivity contribution in [1.29, 1.82) is 0 Å². The molecule has 0 aromatic heterocycles. The van der Waals surface area contributed by atoms with Gasteiger partial charge in [0.2, 0.25) is 0 Å². The summed E-state index contributed by atoms with van der Waals surface area (Å²) in [5.41, 5.74) is 0. The number of nitrogens with zero attached hydrogens (tertiary/aromatic N) is 1. The molecule has 3 rings (SSSR count). The Morgan fingerprint density at radius 1 is 0.760 bits per heavy atom. The van der Waals surface area contributed by atoms with Gasteiger partial charge in [0, 0.05) is 15.9 Å². The lowest BCUT2D eigenvalue weighted by Crippen LogP contribution is -2.26. The van der Waals surface area contributed by atoms with Crippen molar-refractivity contribution in [2.24, 2.45) is 4.74 Å². The number of benzene rings is 3. The van der Waals surface area contributed by atoms with Crippen LogP contribution >= 0.6 is 7.05 Å². The molecule has 0 unspecified atom stereocenters. The molecule has 4 heteroatoms. The lowest BCUT2D eigenvalue weighted by atomic mass is 10.4. The van der Waals surface area contributed by atoms with Crippen LogP contribution in [-0.2, 0) is 4.74 Å². The third-order valence-electron chi connectivity index (χ3n) is 3.89. The van der Waals surface area contributed by atoms with Gasteiger partial charge in [-0.05, 0) is 6.92 Å². The van der Waals surface area contributed by atoms with E-state index >= 15 is 0 Å². The summed E-state index contributed by atoms with van der Waals surface area (Å²) in [6.07, 6.45) is -0.521. The lowest BCUT2D eigenvalue weighted by Gasteiger charge is -2.26. The van der Waals surface area contributed by atoms with Gasteiger partial charge in [0.05, 0.1) is 13.7 Å². The van der Waals surface area contributed by atoms with Crippen molar-refractivity contribution in [3.63, 3.8) is 0 Å². The van der Waals surface area contributed by atoms with E-state index in [1.54, 1.807) is 6.92 Å². The molecule has 126 valence electrons. The van der Waals surface area contributed by atoms with Gasteiger partial charge in [-0.1, -0.05) is 91.0 Å². The zero-order valence-electron chi connectivity index (χ0n) is 14.1. The Morgan fingerprint density at radius 3 is 1.44 bits per heavy atom. The highest BCUT2D eigenvalue weighted by Gasteiger charge is 2.28. The number of hydrogen-bond donors (Lipinski definition) is 0. The first kappa shape index (κ1) is 17.2. The lowest BCUT2D eigenvalue weighted by molar-refractivity contribution is 0.164. The van der Waals surface area contributed by atoms with Gasteiger partial charge in [0.15, 0.2) is 0 Å². The SMILES string of the molecule is CCOC(=O)N=P(c1ccccc1)(c1ccccc1)c1ccccc1. The summed E-state index contributed by atoms with van der Waals surface area (Å²) in [5, 5.41) is 3.08. The molecular weight excluding hydrogens is 329 g/mol. The number of rotatable bonds is 4. The van der Waals surface area contributed by atoms with E-state index in [-0.39, 0.29) is 0 Å². The van der Waals surface area contributed by atoms with Gasteiger partial charge < -0.3 is 4.74 Å². The van der Waals surface area contributed by atoms with Crippen LogP contribution in [0.1, 0.15) is 6.92 Å². The Kier molecular flexibility index (Phi) is 5.47. The van der Waals surface area contributed by atoms with Crippen LogP contribution in [0.25, 0.3) is 0 Å². The van der Waals surface area contributed by atoms with Crippen molar-refractivity contribution >= 4 is 29.1 Å². The minimum Gasteiger partial charge on any atom is -0.448 e. The number of carbonyl (C=O) groups excluding carboxylic acids is 1. The Morgan fingerprint density at radius 2 is 1.12 bits per heavy atom. The minimum atomic E-state index is -2.49. The van der Waals surface area contributed by atoms with E-state index in [9.17, 15) is 4.79 Å². The zero-order valence-corrected chi connectivity index (χ0v) is 15.0. The molecule has 0 fully saturated rings. The fraction of sp³-hybridized carbons (Fsp3) is 0.0952. The number of amides is 1. The predicted octanol–water partition coefficient (Wildman–Crippen LogP) is 4.32. The van der Waals surface area contributed by atoms with E-state index < -0.39 is 13.1 Å². The average molecular weight is 349 g/mol. The van der Waals surface area contributed by atoms with Crippen LogP contribution in [0.4, 0.5) is 4.79 Å². The molecule has 0 atom stereocenters. The van der Waals surface area contributed by atoms with Gasteiger partial charge in [-0.15, -0.1) is 0 Å². The Bertz CT molecular complexity index is 774. The van der Waals surface area contributed by atoms with Crippen molar-refractivity contribution in [3.05, 3.63) is 91.0 Å². The summed E-state index contributed by atoms with van der Waals surface area (Å²) in [6.45, 7) is 2.10. The topological polar surface area (TPSA) is 38.7 Å². The zero-order chi connectivity index (χ0) is 17.5. The van der Waals surface area contributed by atoms with E-state index in [1.807, 2.05) is 91.0 Å². The van der Waals surface area contributed by atoms with Crippen LogP contribution in [-0.4, -0.2) is 12.7 Å². The molecule has 0 N–H and O–H groups in total. The van der Waals surface area contributed by atoms with Gasteiger partial charge in [0.1, 0.15) is 0 Å². The third kappa shape index (κ3) is 3.57. The maximum absolute atomic E-state index is 12.4. The smallest absolute Gasteiger partial charge is 0.433 e. The number of carbonyl (C=O) groups is 1. The fourth-order valence-electron chi connectivity index (χ4n) is 2.83. The molecule has 0 saturated carbocycles. The molecule has 3 aromatic rings. The first-order valence-corrected chi connectivity index (χ1v) is 9.97. The van der Waals surface area contributed by atoms with Crippen molar-refractivity contribution in [1.82, 2.24) is 0 Å². The molecule has 3 aromatic carbocycles. The Hall–Kier alpha value is -2.64. The van der Waals surface area contributed by atoms with Crippen molar-refractivity contribution in [2.75, 3.05) is 6.61 Å². The van der Waals surface area contributed by atoms with E-state index in [1.165, 1.54) is 0 Å². The molecule has 0 aliphatic heterocycles. The quantitative estimate of drug-likeness (QED) is 0.658. The molecule has 3 nitrogen and oxygen atoms in total. The van der Waals surface area contributed by atoms with E-state index in [4.69, 9.17) is 4.74 Å². The number of ether oxygens (including phenoxy) is 1. The molecule has 0 aliphatic carbocycles. The predicted molar refractivity (Wildman–Crippen MR) is 105 cm³/mol. The van der Waals surface area contributed by atoms with Crippen molar-refractivity contribution < 1.29 is 9.53 Å². The molecule has 1 amide bonds. The summed E-state index contributed by atoms with van der Waals surface area (Å²) in [5.74, 6) is 0. The van der Waals surface area contributed by atoms with Crippen LogP contribution in [0, 0.1) is 0 Å². The molecule has 0 spiro atoms. The van der Waals surface area contributed by atoms with Crippen LogP contribution in [0.5, 0.6) is 0 Å². The number of hydrogen-bond acceptors (Lipinski definition) is 2. The first-order valence-electron chi connectivity index (χ1n) is 8.23. The maximum Gasteiger partial charge on any atom is 0.433 e. The van der Waals surface area contributed by atoms with Gasteiger partial charge in [-0.2, -0.15) is 4.74 Å². The largest absolute Gasteiger partial charge is 0.448 e. The van der Waals surface area contributed by atoms with Crippen molar-refractivity contribution in [2.45, 2.75) is 6.92 Å². The van der Waals surface area contributed by atoms with Gasteiger partial charge >= 0.3 is 6.09 Å². The Balaban J connectivity index is 2.38. The average Bonchev–Trinajstić information content (AvgIpc) is 2.68. The standard InChI is InChI=1S/C21H20NO2P/c1-2-24-21(23)22-25(18-12-6-3-7-13-18,19-14-8-4-9-15-19)20-16-10-5-11-17-20/h3-17H,2H2,1H3. The maximum atomic E-state index is 12.4. The van der Waals surface area contributed by atoms with Gasteiger partial charge in [0.25, 0.3) is 0 Å². The highest BCUT2D eigenvalue weighted by molar-refractivity contribution is 7.87. The summed E-state index contributed by atoms with van der Waals surface area (Å²) in [7, 11) is -2.49. The summed E-state index contributed by atoms with van der Waals surface area (Å²) in [4.78, 5) is 12.4. The second-order valence-corrected chi connectivity index (χ2v) is 8.46.